The second-order valence-corrected chi connectivity index (χ2v) is 3.87. The number of halogens is 3. The van der Waals surface area contributed by atoms with E-state index in [4.69, 9.17) is 0 Å². The first kappa shape index (κ1) is 12.9. The van der Waals surface area contributed by atoms with Crippen molar-refractivity contribution in [2.24, 2.45) is 0 Å². The Morgan fingerprint density at radius 3 is 2.44 bits per heavy atom. The van der Waals surface area contributed by atoms with Gasteiger partial charge in [-0.2, -0.15) is 13.2 Å². The summed E-state index contributed by atoms with van der Waals surface area (Å²) in [6, 6.07) is 2.36. The normalized spacial score (nSPS) is 13.5. The molecule has 7 heteroatoms. The molecule has 0 aliphatic rings. The topological polar surface area (TPSA) is 57.2 Å². The highest BCUT2D eigenvalue weighted by molar-refractivity contribution is 7.78. The molecule has 0 amide bonds. The number of benzene rings is 1. The van der Waals surface area contributed by atoms with Crippen molar-refractivity contribution < 1.29 is 26.7 Å². The number of hydrogen-bond acceptors (Lipinski definition) is 3. The van der Waals surface area contributed by atoms with Gasteiger partial charge in [0, 0.05) is 11.3 Å². The van der Waals surface area contributed by atoms with Crippen LogP contribution in [0.5, 0.6) is 0 Å². The summed E-state index contributed by atoms with van der Waals surface area (Å²) in [6.45, 7) is 0. The van der Waals surface area contributed by atoms with E-state index >= 15 is 0 Å². The van der Waals surface area contributed by atoms with Crippen LogP contribution < -0.4 is 0 Å². The van der Waals surface area contributed by atoms with E-state index in [2.05, 4.69) is 0 Å². The average molecular weight is 251 g/mol. The second-order valence-electron chi connectivity index (χ2n) is 2.98. The third kappa shape index (κ3) is 3.14. The number of hydrogen-bond donors (Lipinski definition) is 0. The Morgan fingerprint density at radius 1 is 1.38 bits per heavy atom. The monoisotopic (exact) mass is 251 g/mol. The fraction of sp³-hybridized carbons (Fsp3) is 0.222. The summed E-state index contributed by atoms with van der Waals surface area (Å²) >= 11 is -2.54. The summed E-state index contributed by atoms with van der Waals surface area (Å²) in [7, 11) is 0. The Morgan fingerprint density at radius 2 is 2.00 bits per heavy atom. The number of alkyl halides is 3. The molecule has 0 radical (unpaired) electrons. The molecule has 0 aliphatic heterocycles. The molecule has 0 N–H and O–H groups in total. The maximum Gasteiger partial charge on any atom is 0.416 e. The van der Waals surface area contributed by atoms with Gasteiger partial charge in [0.15, 0.2) is 0 Å². The quantitative estimate of drug-likeness (QED) is 0.609. The molecule has 16 heavy (non-hydrogen) atoms. The van der Waals surface area contributed by atoms with Crippen LogP contribution in [0.15, 0.2) is 18.2 Å². The largest absolute Gasteiger partial charge is 0.772 e. The lowest BCUT2D eigenvalue weighted by Crippen LogP contribution is -2.07. The molecule has 0 heterocycles. The van der Waals surface area contributed by atoms with Crippen LogP contribution in [0.25, 0.3) is 0 Å². The van der Waals surface area contributed by atoms with Crippen molar-refractivity contribution in [2.45, 2.75) is 11.9 Å². The predicted octanol–water partition coefficient (Wildman–Crippen LogP) is 1.90. The van der Waals surface area contributed by atoms with Crippen molar-refractivity contribution in [1.82, 2.24) is 0 Å². The van der Waals surface area contributed by atoms with Gasteiger partial charge in [-0.05, 0) is 17.7 Å². The van der Waals surface area contributed by atoms with Crippen LogP contribution in [0.1, 0.15) is 21.5 Å². The molecule has 0 saturated heterocycles. The molecule has 0 aliphatic carbocycles. The highest BCUT2D eigenvalue weighted by atomic mass is 32.2. The van der Waals surface area contributed by atoms with Gasteiger partial charge in [0.2, 0.25) is 0 Å². The minimum atomic E-state index is -4.56. The average Bonchev–Trinajstić information content (AvgIpc) is 2.15. The molecule has 0 bridgehead atoms. The minimum Gasteiger partial charge on any atom is -0.772 e. The Hall–Kier alpha value is -1.21. The summed E-state index contributed by atoms with van der Waals surface area (Å²) in [5.41, 5.74) is -1.19. The molecule has 1 aromatic rings. The fourth-order valence-corrected chi connectivity index (χ4v) is 1.65. The molecule has 0 aromatic heterocycles. The number of carbonyl (C=O) groups is 1. The van der Waals surface area contributed by atoms with E-state index in [0.717, 1.165) is 12.1 Å². The number of carbonyl (C=O) groups excluding carboxylic acids is 1. The van der Waals surface area contributed by atoms with Crippen LogP contribution >= 0.6 is 0 Å². The molecule has 88 valence electrons. The van der Waals surface area contributed by atoms with Gasteiger partial charge in [-0.1, -0.05) is 17.1 Å². The summed E-state index contributed by atoms with van der Waals surface area (Å²) < 4.78 is 57.7. The van der Waals surface area contributed by atoms with Crippen LogP contribution in [0, 0.1) is 0 Å². The van der Waals surface area contributed by atoms with Gasteiger partial charge in [0.25, 0.3) is 0 Å². The first-order chi connectivity index (χ1) is 7.34. The summed E-state index contributed by atoms with van der Waals surface area (Å²) in [5, 5.41) is 0. The summed E-state index contributed by atoms with van der Waals surface area (Å²) in [5.74, 6) is -0.613. The zero-order chi connectivity index (χ0) is 12.3. The first-order valence-corrected chi connectivity index (χ1v) is 5.30. The molecular formula is C9H6F3O3S-. The van der Waals surface area contributed by atoms with Gasteiger partial charge in [0.1, 0.15) is 6.29 Å². The SMILES string of the molecule is O=Cc1ccc(C(F)(F)F)cc1CS(=O)[O-]. The molecule has 0 spiro atoms. The van der Waals surface area contributed by atoms with Crippen LogP contribution in [-0.2, 0) is 23.0 Å². The zero-order valence-corrected chi connectivity index (χ0v) is 8.60. The molecule has 0 saturated carbocycles. The fourth-order valence-electron chi connectivity index (χ4n) is 1.15. The first-order valence-electron chi connectivity index (χ1n) is 4.05. The highest BCUT2D eigenvalue weighted by Crippen LogP contribution is 2.30. The Labute approximate surface area is 91.6 Å². The van der Waals surface area contributed by atoms with Gasteiger partial charge in [-0.3, -0.25) is 9.00 Å². The van der Waals surface area contributed by atoms with E-state index in [1.807, 2.05) is 0 Å². The van der Waals surface area contributed by atoms with E-state index in [1.54, 1.807) is 0 Å². The van der Waals surface area contributed by atoms with Gasteiger partial charge in [-0.15, -0.1) is 0 Å². The van der Waals surface area contributed by atoms with Crippen LogP contribution in [0.4, 0.5) is 13.2 Å². The number of aldehydes is 1. The van der Waals surface area contributed by atoms with Gasteiger partial charge in [0.05, 0.1) is 5.56 Å². The van der Waals surface area contributed by atoms with E-state index in [9.17, 15) is 26.7 Å². The molecule has 1 rings (SSSR count). The minimum absolute atomic E-state index is 0.0581. The molecule has 1 aromatic carbocycles. The van der Waals surface area contributed by atoms with Crippen molar-refractivity contribution >= 4 is 17.4 Å². The summed E-state index contributed by atoms with van der Waals surface area (Å²) in [6.07, 6.45) is -4.23. The Bertz CT molecular complexity index is 428. The van der Waals surface area contributed by atoms with Gasteiger partial charge >= 0.3 is 6.18 Å². The van der Waals surface area contributed by atoms with E-state index in [1.165, 1.54) is 0 Å². The summed E-state index contributed by atoms with van der Waals surface area (Å²) in [4.78, 5) is 10.5. The van der Waals surface area contributed by atoms with Crippen LogP contribution in [-0.4, -0.2) is 15.0 Å². The van der Waals surface area contributed by atoms with Crippen molar-refractivity contribution in [3.8, 4) is 0 Å². The molecule has 1 atom stereocenters. The standard InChI is InChI=1S/C9H7F3O3S/c10-9(11,12)8-2-1-6(4-13)7(3-8)5-16(14)15/h1-4H,5H2,(H,14,15)/p-1. The van der Waals surface area contributed by atoms with Crippen molar-refractivity contribution in [1.29, 1.82) is 0 Å². The molecular weight excluding hydrogens is 245 g/mol. The van der Waals surface area contributed by atoms with Gasteiger partial charge in [-0.25, -0.2) is 0 Å². The van der Waals surface area contributed by atoms with Crippen molar-refractivity contribution in [3.63, 3.8) is 0 Å². The lowest BCUT2D eigenvalue weighted by atomic mass is 10.1. The van der Waals surface area contributed by atoms with Crippen LogP contribution in [0.3, 0.4) is 0 Å². The third-order valence-corrected chi connectivity index (χ3v) is 2.42. The maximum atomic E-state index is 12.3. The van der Waals surface area contributed by atoms with E-state index in [0.29, 0.717) is 12.4 Å². The predicted molar refractivity (Wildman–Crippen MR) is 49.5 cm³/mol. The second kappa shape index (κ2) is 4.75. The lowest BCUT2D eigenvalue weighted by Gasteiger charge is -2.11. The molecule has 0 fully saturated rings. The molecule has 1 unspecified atom stereocenters. The van der Waals surface area contributed by atoms with Crippen molar-refractivity contribution in [2.75, 3.05) is 0 Å². The smallest absolute Gasteiger partial charge is 0.416 e. The van der Waals surface area contributed by atoms with Crippen LogP contribution in [0.2, 0.25) is 0 Å². The Balaban J connectivity index is 3.21. The van der Waals surface area contributed by atoms with Gasteiger partial charge < -0.3 is 4.55 Å². The lowest BCUT2D eigenvalue weighted by molar-refractivity contribution is -0.137. The van der Waals surface area contributed by atoms with E-state index < -0.39 is 28.6 Å². The maximum absolute atomic E-state index is 12.3. The third-order valence-electron chi connectivity index (χ3n) is 1.87. The zero-order valence-electron chi connectivity index (χ0n) is 7.78. The number of rotatable bonds is 3. The highest BCUT2D eigenvalue weighted by Gasteiger charge is 2.30. The molecule has 3 nitrogen and oxygen atoms in total. The Kier molecular flexibility index (Phi) is 3.82. The van der Waals surface area contributed by atoms with Crippen molar-refractivity contribution in [3.05, 3.63) is 34.9 Å². The van der Waals surface area contributed by atoms with E-state index in [-0.39, 0.29) is 11.1 Å².